The molecule has 2 aromatic heterocycles. The summed E-state index contributed by atoms with van der Waals surface area (Å²) in [5.41, 5.74) is 3.48. The fraction of sp³-hybridized carbons (Fsp3) is 0.167. The van der Waals surface area contributed by atoms with Crippen molar-refractivity contribution >= 4 is 5.91 Å². The van der Waals surface area contributed by atoms with Crippen molar-refractivity contribution in [2.24, 2.45) is 0 Å². The standard InChI is InChI=1S/C18H18N4O/c1-14-6-4-9-17(21-14)18(23)19-12-15-7-2-3-8-16(15)13-22-11-5-10-20-22/h2-11H,12-13H2,1H3,(H,19,23). The number of carbonyl (C=O) groups excluding carboxylic acids is 1. The Labute approximate surface area is 135 Å². The van der Waals surface area contributed by atoms with Crippen molar-refractivity contribution < 1.29 is 4.79 Å². The average Bonchev–Trinajstić information content (AvgIpc) is 3.07. The number of hydrogen-bond acceptors (Lipinski definition) is 3. The number of nitrogens with zero attached hydrogens (tertiary/aromatic N) is 3. The number of amides is 1. The molecule has 0 aliphatic heterocycles. The Balaban J connectivity index is 1.69. The zero-order chi connectivity index (χ0) is 16.1. The molecule has 5 nitrogen and oxygen atoms in total. The number of hydrogen-bond donors (Lipinski definition) is 1. The molecule has 0 bridgehead atoms. The molecule has 0 atom stereocenters. The van der Waals surface area contributed by atoms with Crippen LogP contribution in [-0.4, -0.2) is 20.7 Å². The van der Waals surface area contributed by atoms with Gasteiger partial charge in [0.25, 0.3) is 5.91 Å². The van der Waals surface area contributed by atoms with Gasteiger partial charge in [-0.3, -0.25) is 9.48 Å². The van der Waals surface area contributed by atoms with Gasteiger partial charge in [0, 0.05) is 24.6 Å². The maximum absolute atomic E-state index is 12.2. The first-order valence-electron chi connectivity index (χ1n) is 7.48. The fourth-order valence-electron chi connectivity index (χ4n) is 2.39. The average molecular weight is 306 g/mol. The minimum atomic E-state index is -0.164. The zero-order valence-corrected chi connectivity index (χ0v) is 12.9. The number of carbonyl (C=O) groups is 1. The predicted octanol–water partition coefficient (Wildman–Crippen LogP) is 2.56. The Morgan fingerprint density at radius 1 is 1.09 bits per heavy atom. The molecule has 1 amide bonds. The van der Waals surface area contributed by atoms with E-state index >= 15 is 0 Å². The lowest BCUT2D eigenvalue weighted by molar-refractivity contribution is 0.0945. The van der Waals surface area contributed by atoms with Gasteiger partial charge in [0.05, 0.1) is 6.54 Å². The van der Waals surface area contributed by atoms with Crippen LogP contribution in [0.4, 0.5) is 0 Å². The van der Waals surface area contributed by atoms with Gasteiger partial charge in [0.1, 0.15) is 5.69 Å². The molecule has 0 spiro atoms. The van der Waals surface area contributed by atoms with E-state index in [1.54, 1.807) is 12.3 Å². The van der Waals surface area contributed by atoms with Gasteiger partial charge in [-0.05, 0) is 36.2 Å². The molecule has 3 aromatic rings. The second-order valence-corrected chi connectivity index (χ2v) is 5.32. The molecule has 0 aliphatic carbocycles. The monoisotopic (exact) mass is 306 g/mol. The highest BCUT2D eigenvalue weighted by Gasteiger charge is 2.09. The van der Waals surface area contributed by atoms with E-state index in [0.29, 0.717) is 18.8 Å². The number of rotatable bonds is 5. The highest BCUT2D eigenvalue weighted by atomic mass is 16.1. The van der Waals surface area contributed by atoms with E-state index in [2.05, 4.69) is 15.4 Å². The summed E-state index contributed by atoms with van der Waals surface area (Å²) in [6.45, 7) is 3.02. The molecule has 2 heterocycles. The second-order valence-electron chi connectivity index (χ2n) is 5.32. The first-order valence-corrected chi connectivity index (χ1v) is 7.48. The van der Waals surface area contributed by atoms with Gasteiger partial charge in [-0.25, -0.2) is 4.98 Å². The molecule has 0 saturated heterocycles. The molecule has 116 valence electrons. The molecule has 3 rings (SSSR count). The topological polar surface area (TPSA) is 59.8 Å². The Kier molecular flexibility index (Phi) is 4.47. The van der Waals surface area contributed by atoms with E-state index in [0.717, 1.165) is 16.8 Å². The summed E-state index contributed by atoms with van der Waals surface area (Å²) in [5, 5.41) is 7.16. The van der Waals surface area contributed by atoms with Crippen LogP contribution in [-0.2, 0) is 13.1 Å². The molecule has 1 N–H and O–H groups in total. The van der Waals surface area contributed by atoms with Crippen LogP contribution < -0.4 is 5.32 Å². The first kappa shape index (κ1) is 15.0. The Hall–Kier alpha value is -2.95. The normalized spacial score (nSPS) is 10.5. The van der Waals surface area contributed by atoms with Gasteiger partial charge in [0.2, 0.25) is 0 Å². The van der Waals surface area contributed by atoms with Crippen molar-refractivity contribution in [3.05, 3.63) is 83.4 Å². The summed E-state index contributed by atoms with van der Waals surface area (Å²) in [5.74, 6) is -0.164. The van der Waals surface area contributed by atoms with Crippen molar-refractivity contribution in [3.8, 4) is 0 Å². The molecule has 0 saturated carbocycles. The highest BCUT2D eigenvalue weighted by molar-refractivity contribution is 5.92. The molecule has 0 fully saturated rings. The lowest BCUT2D eigenvalue weighted by atomic mass is 10.1. The Bertz CT molecular complexity index is 796. The summed E-state index contributed by atoms with van der Waals surface area (Å²) >= 11 is 0. The third kappa shape index (κ3) is 3.83. The quantitative estimate of drug-likeness (QED) is 0.788. The van der Waals surface area contributed by atoms with Crippen molar-refractivity contribution in [1.29, 1.82) is 0 Å². The summed E-state index contributed by atoms with van der Waals surface area (Å²) in [4.78, 5) is 16.4. The van der Waals surface area contributed by atoms with Crippen molar-refractivity contribution in [1.82, 2.24) is 20.1 Å². The predicted molar refractivity (Wildman–Crippen MR) is 87.9 cm³/mol. The maximum Gasteiger partial charge on any atom is 0.270 e. The molecule has 0 aliphatic rings. The summed E-state index contributed by atoms with van der Waals surface area (Å²) < 4.78 is 1.86. The van der Waals surface area contributed by atoms with E-state index in [1.165, 1.54) is 0 Å². The molecule has 5 heteroatoms. The Morgan fingerprint density at radius 2 is 1.91 bits per heavy atom. The second kappa shape index (κ2) is 6.87. The van der Waals surface area contributed by atoms with Gasteiger partial charge in [-0.2, -0.15) is 5.10 Å². The van der Waals surface area contributed by atoms with Crippen molar-refractivity contribution in [2.75, 3.05) is 0 Å². The summed E-state index contributed by atoms with van der Waals surface area (Å²) in [7, 11) is 0. The van der Waals surface area contributed by atoms with Crippen LogP contribution in [0.5, 0.6) is 0 Å². The van der Waals surface area contributed by atoms with Crippen LogP contribution in [0.15, 0.2) is 60.9 Å². The third-order valence-corrected chi connectivity index (χ3v) is 3.57. The van der Waals surface area contributed by atoms with Crippen LogP contribution in [0.1, 0.15) is 27.3 Å². The van der Waals surface area contributed by atoms with Crippen LogP contribution in [0.2, 0.25) is 0 Å². The molecular formula is C18H18N4O. The van der Waals surface area contributed by atoms with Crippen LogP contribution in [0, 0.1) is 6.92 Å². The van der Waals surface area contributed by atoms with Gasteiger partial charge >= 0.3 is 0 Å². The number of benzene rings is 1. The molecule has 0 unspecified atom stereocenters. The smallest absolute Gasteiger partial charge is 0.270 e. The van der Waals surface area contributed by atoms with E-state index in [4.69, 9.17) is 0 Å². The lowest BCUT2D eigenvalue weighted by Gasteiger charge is -2.11. The van der Waals surface area contributed by atoms with Crippen LogP contribution >= 0.6 is 0 Å². The lowest BCUT2D eigenvalue weighted by Crippen LogP contribution is -2.24. The minimum absolute atomic E-state index is 0.164. The third-order valence-electron chi connectivity index (χ3n) is 3.57. The first-order chi connectivity index (χ1) is 11.2. The number of aryl methyl sites for hydroxylation is 1. The van der Waals surface area contributed by atoms with E-state index < -0.39 is 0 Å². The van der Waals surface area contributed by atoms with Crippen molar-refractivity contribution in [2.45, 2.75) is 20.0 Å². The largest absolute Gasteiger partial charge is 0.347 e. The maximum atomic E-state index is 12.2. The van der Waals surface area contributed by atoms with Crippen LogP contribution in [0.25, 0.3) is 0 Å². The Morgan fingerprint density at radius 3 is 2.65 bits per heavy atom. The van der Waals surface area contributed by atoms with E-state index in [9.17, 15) is 4.79 Å². The SMILES string of the molecule is Cc1cccc(C(=O)NCc2ccccc2Cn2cccn2)n1. The molecular weight excluding hydrogens is 288 g/mol. The summed E-state index contributed by atoms with van der Waals surface area (Å²) in [6.07, 6.45) is 3.68. The highest BCUT2D eigenvalue weighted by Crippen LogP contribution is 2.10. The van der Waals surface area contributed by atoms with E-state index in [1.807, 2.05) is 60.3 Å². The van der Waals surface area contributed by atoms with Crippen molar-refractivity contribution in [3.63, 3.8) is 0 Å². The fourth-order valence-corrected chi connectivity index (χ4v) is 2.39. The van der Waals surface area contributed by atoms with Gasteiger partial charge in [0.15, 0.2) is 0 Å². The molecule has 0 radical (unpaired) electrons. The van der Waals surface area contributed by atoms with Gasteiger partial charge < -0.3 is 5.32 Å². The van der Waals surface area contributed by atoms with Gasteiger partial charge in [-0.15, -0.1) is 0 Å². The summed E-state index contributed by atoms with van der Waals surface area (Å²) in [6, 6.07) is 15.4. The number of nitrogens with one attached hydrogen (secondary N) is 1. The van der Waals surface area contributed by atoms with Gasteiger partial charge in [-0.1, -0.05) is 30.3 Å². The molecule has 23 heavy (non-hydrogen) atoms. The van der Waals surface area contributed by atoms with E-state index in [-0.39, 0.29) is 5.91 Å². The minimum Gasteiger partial charge on any atom is -0.347 e. The number of pyridine rings is 1. The zero-order valence-electron chi connectivity index (χ0n) is 12.9. The number of aromatic nitrogens is 3. The van der Waals surface area contributed by atoms with Crippen LogP contribution in [0.3, 0.4) is 0 Å². The molecule has 1 aromatic carbocycles.